The van der Waals surface area contributed by atoms with Crippen molar-refractivity contribution in [3.05, 3.63) is 39.0 Å². The lowest BCUT2D eigenvalue weighted by atomic mass is 10.3. The van der Waals surface area contributed by atoms with Gasteiger partial charge in [0.1, 0.15) is 16.5 Å². The maximum absolute atomic E-state index is 12.0. The molecule has 0 spiro atoms. The van der Waals surface area contributed by atoms with Crippen molar-refractivity contribution < 1.29 is 4.74 Å². The molecule has 0 unspecified atom stereocenters. The molecule has 0 bridgehead atoms. The summed E-state index contributed by atoms with van der Waals surface area (Å²) >= 11 is 1.34. The number of anilines is 2. The zero-order chi connectivity index (χ0) is 13.6. The highest BCUT2D eigenvalue weighted by molar-refractivity contribution is 7.99. The van der Waals surface area contributed by atoms with Crippen molar-refractivity contribution in [3.8, 4) is 5.75 Å². The van der Waals surface area contributed by atoms with Crippen LogP contribution in [0.4, 0.5) is 11.4 Å². The molecule has 98 valence electrons. The summed E-state index contributed by atoms with van der Waals surface area (Å²) in [5.41, 5.74) is 0.448. The van der Waals surface area contributed by atoms with Crippen molar-refractivity contribution in [1.29, 1.82) is 0 Å². The van der Waals surface area contributed by atoms with E-state index < -0.39 is 5.69 Å². The molecule has 0 fully saturated rings. The quantitative estimate of drug-likeness (QED) is 0.655. The molecular weight excluding hydrogens is 266 g/mol. The first-order chi connectivity index (χ1) is 9.10. The lowest BCUT2D eigenvalue weighted by molar-refractivity contribution is 0.414. The first-order valence-corrected chi connectivity index (χ1v) is 6.38. The van der Waals surface area contributed by atoms with Crippen molar-refractivity contribution in [2.75, 3.05) is 12.4 Å². The monoisotopic (exact) mass is 277 g/mol. The number of ether oxygens (including phenoxy) is 1. The average molecular weight is 277 g/mol. The Bertz CT molecular complexity index is 779. The van der Waals surface area contributed by atoms with Crippen LogP contribution in [-0.2, 0) is 7.05 Å². The number of aromatic amines is 1. The molecule has 2 N–H and O–H groups in total. The molecule has 3 rings (SSSR count). The summed E-state index contributed by atoms with van der Waals surface area (Å²) in [6.07, 6.45) is 0. The van der Waals surface area contributed by atoms with Gasteiger partial charge in [0.2, 0.25) is 0 Å². The molecule has 1 aliphatic rings. The standard InChI is InChI=1S/C12H11N3O3S/c1-15-11(16)9-10(14-12(15)17)19-8-5-6(18-2)3-4-7(8)13-9/h3-5,13H,1-2H3,(H,14,17). The number of nitrogens with one attached hydrogen (secondary N) is 2. The van der Waals surface area contributed by atoms with Crippen LogP contribution >= 0.6 is 11.8 Å². The van der Waals surface area contributed by atoms with Gasteiger partial charge in [-0.3, -0.25) is 14.3 Å². The van der Waals surface area contributed by atoms with Gasteiger partial charge in [0, 0.05) is 11.9 Å². The van der Waals surface area contributed by atoms with Gasteiger partial charge in [0.15, 0.2) is 0 Å². The molecule has 0 radical (unpaired) electrons. The summed E-state index contributed by atoms with van der Waals surface area (Å²) < 4.78 is 6.20. The van der Waals surface area contributed by atoms with E-state index in [0.29, 0.717) is 10.7 Å². The molecule has 0 amide bonds. The molecule has 1 aromatic carbocycles. The van der Waals surface area contributed by atoms with Crippen molar-refractivity contribution in [3.63, 3.8) is 0 Å². The number of H-pyrrole nitrogens is 1. The average Bonchev–Trinajstić information content (AvgIpc) is 2.43. The maximum atomic E-state index is 12.0. The fourth-order valence-electron chi connectivity index (χ4n) is 1.85. The Morgan fingerprint density at radius 2 is 2.11 bits per heavy atom. The Morgan fingerprint density at radius 1 is 1.32 bits per heavy atom. The predicted octanol–water partition coefficient (Wildman–Crippen LogP) is 1.29. The highest BCUT2D eigenvalue weighted by Crippen LogP contribution is 2.42. The minimum Gasteiger partial charge on any atom is -0.497 e. The Balaban J connectivity index is 2.17. The van der Waals surface area contributed by atoms with Gasteiger partial charge in [0.05, 0.1) is 12.8 Å². The Hall–Kier alpha value is -2.15. The van der Waals surface area contributed by atoms with E-state index in [0.717, 1.165) is 20.9 Å². The highest BCUT2D eigenvalue weighted by Gasteiger charge is 2.21. The predicted molar refractivity (Wildman–Crippen MR) is 72.7 cm³/mol. The minimum atomic E-state index is -0.426. The molecule has 2 heterocycles. The van der Waals surface area contributed by atoms with Gasteiger partial charge in [0.25, 0.3) is 5.56 Å². The summed E-state index contributed by atoms with van der Waals surface area (Å²) in [6, 6.07) is 5.51. The number of hydrogen-bond donors (Lipinski definition) is 2. The van der Waals surface area contributed by atoms with Gasteiger partial charge in [-0.2, -0.15) is 0 Å². The number of nitrogens with zero attached hydrogens (tertiary/aromatic N) is 1. The fourth-order valence-corrected chi connectivity index (χ4v) is 2.85. The first-order valence-electron chi connectivity index (χ1n) is 5.56. The van der Waals surface area contributed by atoms with Crippen LogP contribution in [0.25, 0.3) is 0 Å². The molecule has 0 aliphatic carbocycles. The largest absolute Gasteiger partial charge is 0.497 e. The van der Waals surface area contributed by atoms with Gasteiger partial charge in [-0.1, -0.05) is 11.8 Å². The van der Waals surface area contributed by atoms with E-state index in [1.807, 2.05) is 18.2 Å². The van der Waals surface area contributed by atoms with Crippen LogP contribution in [0.15, 0.2) is 37.7 Å². The number of fused-ring (bicyclic) bond motifs is 2. The second-order valence-corrected chi connectivity index (χ2v) is 5.14. The first kappa shape index (κ1) is 11.9. The minimum absolute atomic E-state index is 0.340. The highest BCUT2D eigenvalue weighted by atomic mass is 32.2. The van der Waals surface area contributed by atoms with E-state index in [-0.39, 0.29) is 5.56 Å². The van der Waals surface area contributed by atoms with Crippen LogP contribution in [0, 0.1) is 0 Å². The van der Waals surface area contributed by atoms with E-state index in [4.69, 9.17) is 4.74 Å². The van der Waals surface area contributed by atoms with Crippen molar-refractivity contribution in [2.45, 2.75) is 9.92 Å². The van der Waals surface area contributed by atoms with Crippen LogP contribution in [0.3, 0.4) is 0 Å². The van der Waals surface area contributed by atoms with Gasteiger partial charge < -0.3 is 10.1 Å². The summed E-state index contributed by atoms with van der Waals surface area (Å²) in [6.45, 7) is 0. The summed E-state index contributed by atoms with van der Waals surface area (Å²) in [4.78, 5) is 27.2. The van der Waals surface area contributed by atoms with E-state index in [2.05, 4.69) is 10.3 Å². The van der Waals surface area contributed by atoms with Crippen molar-refractivity contribution >= 4 is 23.1 Å². The van der Waals surface area contributed by atoms with E-state index >= 15 is 0 Å². The van der Waals surface area contributed by atoms with Crippen LogP contribution in [0.5, 0.6) is 5.75 Å². The third kappa shape index (κ3) is 1.82. The Kier molecular flexibility index (Phi) is 2.63. The third-order valence-electron chi connectivity index (χ3n) is 2.93. The molecule has 1 aliphatic heterocycles. The van der Waals surface area contributed by atoms with Gasteiger partial charge >= 0.3 is 5.69 Å². The zero-order valence-electron chi connectivity index (χ0n) is 10.3. The Labute approximate surface area is 112 Å². The number of benzene rings is 1. The lowest BCUT2D eigenvalue weighted by Gasteiger charge is -2.20. The third-order valence-corrected chi connectivity index (χ3v) is 4.00. The van der Waals surface area contributed by atoms with E-state index in [9.17, 15) is 9.59 Å². The number of aromatic nitrogens is 2. The lowest BCUT2D eigenvalue weighted by Crippen LogP contribution is -2.35. The van der Waals surface area contributed by atoms with Gasteiger partial charge in [-0.05, 0) is 18.2 Å². The molecule has 0 atom stereocenters. The number of hydrogen-bond acceptors (Lipinski definition) is 5. The van der Waals surface area contributed by atoms with Crippen LogP contribution in [0.2, 0.25) is 0 Å². The molecular formula is C12H11N3O3S. The maximum Gasteiger partial charge on any atom is 0.329 e. The number of rotatable bonds is 1. The molecule has 2 aromatic rings. The van der Waals surface area contributed by atoms with Crippen LogP contribution in [0.1, 0.15) is 0 Å². The Morgan fingerprint density at radius 3 is 2.84 bits per heavy atom. The molecule has 7 heteroatoms. The summed E-state index contributed by atoms with van der Waals surface area (Å²) in [5, 5.41) is 3.57. The topological polar surface area (TPSA) is 76.1 Å². The van der Waals surface area contributed by atoms with Gasteiger partial charge in [-0.25, -0.2) is 4.79 Å². The molecule has 19 heavy (non-hydrogen) atoms. The molecule has 6 nitrogen and oxygen atoms in total. The van der Waals surface area contributed by atoms with Crippen LogP contribution < -0.4 is 21.3 Å². The molecule has 0 saturated heterocycles. The van der Waals surface area contributed by atoms with Crippen LogP contribution in [-0.4, -0.2) is 16.7 Å². The normalized spacial score (nSPS) is 12.3. The van der Waals surface area contributed by atoms with Crippen molar-refractivity contribution in [2.24, 2.45) is 7.05 Å². The van der Waals surface area contributed by atoms with Crippen molar-refractivity contribution in [1.82, 2.24) is 9.55 Å². The summed E-state index contributed by atoms with van der Waals surface area (Å²) in [7, 11) is 3.03. The molecule has 1 aromatic heterocycles. The SMILES string of the molecule is COc1ccc2c(c1)Sc1[nH]c(=O)n(C)c(=O)c1N2. The smallest absolute Gasteiger partial charge is 0.329 e. The van der Waals surface area contributed by atoms with E-state index in [1.165, 1.54) is 18.8 Å². The fraction of sp³-hybridized carbons (Fsp3) is 0.167. The van der Waals surface area contributed by atoms with E-state index in [1.54, 1.807) is 7.11 Å². The second kappa shape index (κ2) is 4.20. The summed E-state index contributed by atoms with van der Waals surface area (Å²) in [5.74, 6) is 0.725. The number of methoxy groups -OCH3 is 1. The second-order valence-electron chi connectivity index (χ2n) is 4.09. The van der Waals surface area contributed by atoms with Gasteiger partial charge in [-0.15, -0.1) is 0 Å². The molecule has 0 saturated carbocycles. The zero-order valence-corrected chi connectivity index (χ0v) is 11.1.